The topological polar surface area (TPSA) is 66.4 Å². The van der Waals surface area contributed by atoms with Gasteiger partial charge in [-0.25, -0.2) is 0 Å². The van der Waals surface area contributed by atoms with Gasteiger partial charge in [-0.15, -0.1) is 0 Å². The van der Waals surface area contributed by atoms with Crippen LogP contribution in [0.3, 0.4) is 0 Å². The zero-order valence-corrected chi connectivity index (χ0v) is 8.99. The Morgan fingerprint density at radius 3 is 2.20 bits per heavy atom. The molecular weight excluding hydrogens is 218 g/mol. The second-order valence-corrected chi connectivity index (χ2v) is 3.03. The Balaban J connectivity index is 0.000000423. The second-order valence-electron chi connectivity index (χ2n) is 2.50. The quantitative estimate of drug-likeness (QED) is 0.590. The van der Waals surface area contributed by atoms with E-state index in [2.05, 4.69) is 16.9 Å². The van der Waals surface area contributed by atoms with Crippen LogP contribution in [-0.2, 0) is 4.79 Å². The van der Waals surface area contributed by atoms with Crippen molar-refractivity contribution in [1.29, 1.82) is 0 Å². The van der Waals surface area contributed by atoms with Crippen LogP contribution >= 0.6 is 11.6 Å². The summed E-state index contributed by atoms with van der Waals surface area (Å²) in [6, 6.07) is 8.74. The number of carbonyl (C=O) groups excluding carboxylic acids is 2. The van der Waals surface area contributed by atoms with Crippen LogP contribution in [0.1, 0.15) is 17.3 Å². The molecule has 4 nitrogen and oxygen atoms in total. The minimum Gasteiger partial charge on any atom is -0.376 e. The summed E-state index contributed by atoms with van der Waals surface area (Å²) >= 11 is 4.64. The Morgan fingerprint density at radius 1 is 1.33 bits per heavy atom. The molecule has 0 unspecified atom stereocenters. The molecule has 0 atom stereocenters. The van der Waals surface area contributed by atoms with Crippen LogP contribution in [0.5, 0.6) is 0 Å². The number of carbonyl (C=O) groups is 2. The SMILES string of the molecule is CC(=O)Cl.O=C(NCO)c1ccccc1. The maximum Gasteiger partial charge on any atom is 0.253 e. The highest BCUT2D eigenvalue weighted by molar-refractivity contribution is 6.62. The van der Waals surface area contributed by atoms with Gasteiger partial charge < -0.3 is 10.4 Å². The summed E-state index contributed by atoms with van der Waals surface area (Å²) in [4.78, 5) is 20.2. The highest BCUT2D eigenvalue weighted by atomic mass is 35.5. The minimum atomic E-state index is -0.361. The van der Waals surface area contributed by atoms with Gasteiger partial charge in [0.1, 0.15) is 6.73 Å². The van der Waals surface area contributed by atoms with Crippen molar-refractivity contribution in [2.75, 3.05) is 6.73 Å². The van der Waals surface area contributed by atoms with Gasteiger partial charge in [0, 0.05) is 12.5 Å². The first-order valence-corrected chi connectivity index (χ1v) is 4.56. The molecule has 0 saturated heterocycles. The zero-order chi connectivity index (χ0) is 11.7. The van der Waals surface area contributed by atoms with Gasteiger partial charge in [0.2, 0.25) is 5.24 Å². The van der Waals surface area contributed by atoms with Crippen LogP contribution in [-0.4, -0.2) is 23.0 Å². The van der Waals surface area contributed by atoms with E-state index >= 15 is 0 Å². The van der Waals surface area contributed by atoms with E-state index in [1.807, 2.05) is 6.07 Å². The second kappa shape index (κ2) is 7.96. The summed E-state index contributed by atoms with van der Waals surface area (Å²) in [5.41, 5.74) is 0.557. The molecule has 1 rings (SSSR count). The molecule has 0 aliphatic rings. The highest BCUT2D eigenvalue weighted by Gasteiger charge is 2.00. The lowest BCUT2D eigenvalue weighted by molar-refractivity contribution is -0.109. The molecule has 0 aliphatic carbocycles. The van der Waals surface area contributed by atoms with Gasteiger partial charge in [-0.2, -0.15) is 0 Å². The van der Waals surface area contributed by atoms with E-state index in [9.17, 15) is 9.59 Å². The van der Waals surface area contributed by atoms with Crippen molar-refractivity contribution in [3.05, 3.63) is 35.9 Å². The Morgan fingerprint density at radius 2 is 1.80 bits per heavy atom. The summed E-state index contributed by atoms with van der Waals surface area (Å²) in [6.07, 6.45) is 0. The van der Waals surface area contributed by atoms with E-state index < -0.39 is 0 Å². The molecule has 1 aromatic rings. The smallest absolute Gasteiger partial charge is 0.253 e. The third-order valence-electron chi connectivity index (χ3n) is 1.28. The van der Waals surface area contributed by atoms with Crippen LogP contribution in [0, 0.1) is 0 Å². The molecule has 0 heterocycles. The number of rotatable bonds is 2. The Hall–Kier alpha value is -1.39. The van der Waals surface area contributed by atoms with Crippen molar-refractivity contribution in [3.8, 4) is 0 Å². The lowest BCUT2D eigenvalue weighted by Gasteiger charge is -1.99. The molecular formula is C10H12ClNO3. The van der Waals surface area contributed by atoms with Crippen molar-refractivity contribution in [2.24, 2.45) is 0 Å². The van der Waals surface area contributed by atoms with E-state index in [1.165, 1.54) is 6.92 Å². The fourth-order valence-corrected chi connectivity index (χ4v) is 0.763. The molecule has 1 amide bonds. The van der Waals surface area contributed by atoms with Crippen molar-refractivity contribution in [1.82, 2.24) is 5.32 Å². The van der Waals surface area contributed by atoms with Crippen molar-refractivity contribution in [2.45, 2.75) is 6.92 Å². The Kier molecular flexibility index (Phi) is 7.23. The highest BCUT2D eigenvalue weighted by Crippen LogP contribution is 1.96. The van der Waals surface area contributed by atoms with Crippen molar-refractivity contribution < 1.29 is 14.7 Å². The van der Waals surface area contributed by atoms with Gasteiger partial charge in [0.25, 0.3) is 5.91 Å². The third-order valence-corrected chi connectivity index (χ3v) is 1.28. The molecule has 82 valence electrons. The van der Waals surface area contributed by atoms with Crippen LogP contribution < -0.4 is 5.32 Å². The number of aliphatic hydroxyl groups excluding tert-OH is 1. The average molecular weight is 230 g/mol. The summed E-state index contributed by atoms with van der Waals surface area (Å²) in [7, 11) is 0. The molecule has 15 heavy (non-hydrogen) atoms. The van der Waals surface area contributed by atoms with E-state index in [4.69, 9.17) is 5.11 Å². The van der Waals surface area contributed by atoms with E-state index in [0.717, 1.165) is 0 Å². The van der Waals surface area contributed by atoms with Gasteiger partial charge in [-0.1, -0.05) is 18.2 Å². The number of halogens is 1. The maximum atomic E-state index is 11.0. The fourth-order valence-electron chi connectivity index (χ4n) is 0.763. The van der Waals surface area contributed by atoms with Crippen LogP contribution in [0.25, 0.3) is 0 Å². The lowest BCUT2D eigenvalue weighted by Crippen LogP contribution is -2.23. The van der Waals surface area contributed by atoms with Crippen LogP contribution in [0.15, 0.2) is 30.3 Å². The molecule has 5 heteroatoms. The van der Waals surface area contributed by atoms with Gasteiger partial charge in [0.05, 0.1) is 0 Å². The first kappa shape index (κ1) is 13.6. The molecule has 0 saturated carbocycles. The molecule has 2 N–H and O–H groups in total. The number of aliphatic hydroxyl groups is 1. The van der Waals surface area contributed by atoms with Gasteiger partial charge in [0.15, 0.2) is 0 Å². The minimum absolute atomic E-state index is 0.256. The fraction of sp³-hybridized carbons (Fsp3) is 0.200. The third kappa shape index (κ3) is 7.66. The largest absolute Gasteiger partial charge is 0.376 e. The molecule has 0 radical (unpaired) electrons. The van der Waals surface area contributed by atoms with E-state index in [-0.39, 0.29) is 17.9 Å². The summed E-state index contributed by atoms with van der Waals surface area (Å²) < 4.78 is 0. The molecule has 0 fully saturated rings. The predicted octanol–water partition coefficient (Wildman–Crippen LogP) is 1.14. The number of nitrogens with one attached hydrogen (secondary N) is 1. The number of hydrogen-bond donors (Lipinski definition) is 2. The van der Waals surface area contributed by atoms with Crippen LogP contribution in [0.4, 0.5) is 0 Å². The summed E-state index contributed by atoms with van der Waals surface area (Å²) in [5, 5.41) is 10.3. The maximum absolute atomic E-state index is 11.0. The number of amides is 1. The lowest BCUT2D eigenvalue weighted by atomic mass is 10.2. The summed E-state index contributed by atoms with van der Waals surface area (Å²) in [5.74, 6) is -0.256. The van der Waals surface area contributed by atoms with Crippen molar-refractivity contribution >= 4 is 22.8 Å². The van der Waals surface area contributed by atoms with Crippen molar-refractivity contribution in [3.63, 3.8) is 0 Å². The molecule has 0 spiro atoms. The normalized spacial score (nSPS) is 8.47. The Bertz CT molecular complexity index is 310. The first-order chi connectivity index (χ1) is 7.07. The van der Waals surface area contributed by atoms with E-state index in [1.54, 1.807) is 24.3 Å². The Labute approximate surface area is 92.9 Å². The average Bonchev–Trinajstić information content (AvgIpc) is 2.19. The van der Waals surface area contributed by atoms with Gasteiger partial charge in [-0.3, -0.25) is 9.59 Å². The predicted molar refractivity (Wildman–Crippen MR) is 57.5 cm³/mol. The summed E-state index contributed by atoms with van der Waals surface area (Å²) in [6.45, 7) is 0.968. The number of hydrogen-bond acceptors (Lipinski definition) is 3. The molecule has 1 aromatic carbocycles. The molecule has 0 bridgehead atoms. The molecule has 0 aromatic heterocycles. The van der Waals surface area contributed by atoms with E-state index in [0.29, 0.717) is 5.56 Å². The van der Waals surface area contributed by atoms with Gasteiger partial charge >= 0.3 is 0 Å². The monoisotopic (exact) mass is 229 g/mol. The first-order valence-electron chi connectivity index (χ1n) is 4.18. The van der Waals surface area contributed by atoms with Crippen LogP contribution in [0.2, 0.25) is 0 Å². The standard InChI is InChI=1S/C8H9NO2.C2H3ClO/c10-6-9-8(11)7-4-2-1-3-5-7;1-2(3)4/h1-5,10H,6H2,(H,9,11);1H3. The van der Waals surface area contributed by atoms with Gasteiger partial charge in [-0.05, 0) is 23.7 Å². The number of benzene rings is 1. The molecule has 0 aliphatic heterocycles. The zero-order valence-electron chi connectivity index (χ0n) is 8.24.